The molecule has 0 aliphatic carbocycles. The molecule has 2 amide bonds. The molecule has 0 spiro atoms. The number of primary amides is 1. The molecule has 0 radical (unpaired) electrons. The first-order valence-electron chi connectivity index (χ1n) is 7.10. The summed E-state index contributed by atoms with van der Waals surface area (Å²) in [5, 5.41) is 10.6. The standard InChI is InChI=1S/C16H14N6O2/c1-10-18-8-9-22(10)14-7-6-13(20-21-14)16(24)19-12-5-3-2-4-11(12)15(17)23/h2-9H,1H3,(H2,17,23)(H,19,24). The van der Waals surface area contributed by atoms with Gasteiger partial charge in [0.1, 0.15) is 5.82 Å². The highest BCUT2D eigenvalue weighted by Gasteiger charge is 2.13. The molecular weight excluding hydrogens is 308 g/mol. The van der Waals surface area contributed by atoms with Crippen molar-refractivity contribution in [2.45, 2.75) is 6.92 Å². The number of carbonyl (C=O) groups is 2. The summed E-state index contributed by atoms with van der Waals surface area (Å²) in [7, 11) is 0. The first kappa shape index (κ1) is 15.3. The highest BCUT2D eigenvalue weighted by Crippen LogP contribution is 2.15. The molecule has 0 saturated heterocycles. The molecule has 8 nitrogen and oxygen atoms in total. The van der Waals surface area contributed by atoms with Crippen LogP contribution in [0.25, 0.3) is 5.82 Å². The molecular formula is C16H14N6O2. The van der Waals surface area contributed by atoms with Gasteiger partial charge in [0.25, 0.3) is 11.8 Å². The van der Waals surface area contributed by atoms with E-state index in [1.807, 2.05) is 6.92 Å². The highest BCUT2D eigenvalue weighted by atomic mass is 16.2. The van der Waals surface area contributed by atoms with Crippen molar-refractivity contribution in [2.75, 3.05) is 5.32 Å². The number of hydrogen-bond acceptors (Lipinski definition) is 5. The van der Waals surface area contributed by atoms with E-state index in [9.17, 15) is 9.59 Å². The molecule has 2 aromatic heterocycles. The first-order valence-corrected chi connectivity index (χ1v) is 7.10. The zero-order chi connectivity index (χ0) is 17.1. The van der Waals surface area contributed by atoms with Gasteiger partial charge in [-0.3, -0.25) is 14.2 Å². The van der Waals surface area contributed by atoms with Crippen LogP contribution in [-0.4, -0.2) is 31.6 Å². The second kappa shape index (κ2) is 6.29. The average Bonchev–Trinajstić information content (AvgIpc) is 3.01. The summed E-state index contributed by atoms with van der Waals surface area (Å²) in [4.78, 5) is 27.8. The van der Waals surface area contributed by atoms with Crippen LogP contribution < -0.4 is 11.1 Å². The van der Waals surface area contributed by atoms with Gasteiger partial charge in [0.15, 0.2) is 11.5 Å². The third kappa shape index (κ3) is 2.98. The Morgan fingerprint density at radius 2 is 1.92 bits per heavy atom. The van der Waals surface area contributed by atoms with Gasteiger partial charge in [0.05, 0.1) is 11.3 Å². The zero-order valence-electron chi connectivity index (χ0n) is 12.8. The number of nitrogens with two attached hydrogens (primary N) is 1. The van der Waals surface area contributed by atoms with Gasteiger partial charge in [-0.05, 0) is 31.2 Å². The Morgan fingerprint density at radius 3 is 2.54 bits per heavy atom. The lowest BCUT2D eigenvalue weighted by Crippen LogP contribution is -2.19. The molecule has 0 saturated carbocycles. The minimum absolute atomic E-state index is 0.121. The number of aromatic nitrogens is 4. The molecule has 3 rings (SSSR count). The van der Waals surface area contributed by atoms with Crippen LogP contribution in [0.5, 0.6) is 0 Å². The number of benzene rings is 1. The van der Waals surface area contributed by atoms with Gasteiger partial charge in [-0.15, -0.1) is 10.2 Å². The summed E-state index contributed by atoms with van der Waals surface area (Å²) >= 11 is 0. The van der Waals surface area contributed by atoms with Crippen LogP contribution in [0.3, 0.4) is 0 Å². The number of para-hydroxylation sites is 1. The topological polar surface area (TPSA) is 116 Å². The smallest absolute Gasteiger partial charge is 0.276 e. The van der Waals surface area contributed by atoms with E-state index in [2.05, 4.69) is 20.5 Å². The summed E-state index contributed by atoms with van der Waals surface area (Å²) in [5.74, 6) is 0.212. The molecule has 3 N–H and O–H groups in total. The van der Waals surface area contributed by atoms with Gasteiger partial charge in [-0.1, -0.05) is 12.1 Å². The maximum absolute atomic E-state index is 12.3. The fourth-order valence-corrected chi connectivity index (χ4v) is 2.19. The van der Waals surface area contributed by atoms with E-state index in [1.54, 1.807) is 47.3 Å². The van der Waals surface area contributed by atoms with Crippen LogP contribution >= 0.6 is 0 Å². The molecule has 0 atom stereocenters. The fraction of sp³-hybridized carbons (Fsp3) is 0.0625. The van der Waals surface area contributed by atoms with Gasteiger partial charge in [-0.2, -0.15) is 0 Å². The number of nitrogens with zero attached hydrogens (tertiary/aromatic N) is 4. The molecule has 0 aliphatic heterocycles. The molecule has 3 aromatic rings. The minimum Gasteiger partial charge on any atom is -0.366 e. The molecule has 120 valence electrons. The summed E-state index contributed by atoms with van der Waals surface area (Å²) in [5.41, 5.74) is 5.96. The van der Waals surface area contributed by atoms with Crippen molar-refractivity contribution in [3.8, 4) is 5.82 Å². The van der Waals surface area contributed by atoms with Crippen LogP contribution in [0, 0.1) is 6.92 Å². The van der Waals surface area contributed by atoms with Crippen LogP contribution in [0.2, 0.25) is 0 Å². The summed E-state index contributed by atoms with van der Waals surface area (Å²) < 4.78 is 1.75. The van der Waals surface area contributed by atoms with Crippen molar-refractivity contribution in [3.63, 3.8) is 0 Å². The normalized spacial score (nSPS) is 10.4. The number of nitrogens with one attached hydrogen (secondary N) is 1. The van der Waals surface area contributed by atoms with Crippen molar-refractivity contribution < 1.29 is 9.59 Å². The van der Waals surface area contributed by atoms with Crippen LogP contribution in [-0.2, 0) is 0 Å². The Balaban J connectivity index is 1.82. The zero-order valence-corrected chi connectivity index (χ0v) is 12.8. The second-order valence-electron chi connectivity index (χ2n) is 4.99. The van der Waals surface area contributed by atoms with E-state index >= 15 is 0 Å². The molecule has 0 fully saturated rings. The summed E-state index contributed by atoms with van der Waals surface area (Å²) in [6.45, 7) is 1.84. The van der Waals surface area contributed by atoms with Crippen molar-refractivity contribution in [3.05, 3.63) is 65.9 Å². The van der Waals surface area contributed by atoms with E-state index in [-0.39, 0.29) is 11.3 Å². The Morgan fingerprint density at radius 1 is 1.12 bits per heavy atom. The number of aryl methyl sites for hydroxylation is 1. The Kier molecular flexibility index (Phi) is 4.02. The van der Waals surface area contributed by atoms with Crippen LogP contribution in [0.1, 0.15) is 26.7 Å². The number of anilines is 1. The van der Waals surface area contributed by atoms with Gasteiger partial charge in [0, 0.05) is 12.4 Å². The first-order chi connectivity index (χ1) is 11.6. The minimum atomic E-state index is -0.622. The van der Waals surface area contributed by atoms with E-state index in [0.717, 1.165) is 5.82 Å². The quantitative estimate of drug-likeness (QED) is 0.751. The van der Waals surface area contributed by atoms with Crippen molar-refractivity contribution in [2.24, 2.45) is 5.73 Å². The molecule has 0 unspecified atom stereocenters. The monoisotopic (exact) mass is 322 g/mol. The van der Waals surface area contributed by atoms with E-state index < -0.39 is 11.8 Å². The number of carbonyl (C=O) groups excluding carboxylic acids is 2. The number of amides is 2. The molecule has 1 aromatic carbocycles. The van der Waals surface area contributed by atoms with Gasteiger partial charge in [-0.25, -0.2) is 4.98 Å². The fourth-order valence-electron chi connectivity index (χ4n) is 2.19. The predicted octanol–water partition coefficient (Wildman–Crippen LogP) is 1.32. The highest BCUT2D eigenvalue weighted by molar-refractivity contribution is 6.07. The average molecular weight is 322 g/mol. The third-order valence-electron chi connectivity index (χ3n) is 3.40. The van der Waals surface area contributed by atoms with Crippen LogP contribution in [0.4, 0.5) is 5.69 Å². The molecule has 0 bridgehead atoms. The van der Waals surface area contributed by atoms with Crippen molar-refractivity contribution in [1.82, 2.24) is 19.7 Å². The van der Waals surface area contributed by atoms with Gasteiger partial charge >= 0.3 is 0 Å². The van der Waals surface area contributed by atoms with Crippen molar-refractivity contribution >= 4 is 17.5 Å². The SMILES string of the molecule is Cc1nccn1-c1ccc(C(=O)Nc2ccccc2C(N)=O)nn1. The number of hydrogen-bond donors (Lipinski definition) is 2. The maximum atomic E-state index is 12.3. The lowest BCUT2D eigenvalue weighted by atomic mass is 10.1. The van der Waals surface area contributed by atoms with E-state index in [1.165, 1.54) is 6.07 Å². The number of imidazole rings is 1. The van der Waals surface area contributed by atoms with Gasteiger partial charge in [0.2, 0.25) is 0 Å². The molecule has 24 heavy (non-hydrogen) atoms. The third-order valence-corrected chi connectivity index (χ3v) is 3.40. The maximum Gasteiger partial charge on any atom is 0.276 e. The molecule has 2 heterocycles. The Bertz CT molecular complexity index is 901. The lowest BCUT2D eigenvalue weighted by Gasteiger charge is -2.08. The lowest BCUT2D eigenvalue weighted by molar-refractivity contribution is 0.100. The van der Waals surface area contributed by atoms with Crippen molar-refractivity contribution in [1.29, 1.82) is 0 Å². The largest absolute Gasteiger partial charge is 0.366 e. The van der Waals surface area contributed by atoms with Gasteiger partial charge < -0.3 is 11.1 Å². The van der Waals surface area contributed by atoms with E-state index in [4.69, 9.17) is 5.73 Å². The predicted molar refractivity (Wildman–Crippen MR) is 86.8 cm³/mol. The summed E-state index contributed by atoms with van der Waals surface area (Å²) in [6, 6.07) is 9.69. The summed E-state index contributed by atoms with van der Waals surface area (Å²) in [6.07, 6.45) is 3.40. The number of rotatable bonds is 4. The Labute approximate surface area is 137 Å². The van der Waals surface area contributed by atoms with Crippen LogP contribution in [0.15, 0.2) is 48.8 Å². The Hall–Kier alpha value is -3.55. The second-order valence-corrected chi connectivity index (χ2v) is 4.99. The molecule has 0 aliphatic rings. The van der Waals surface area contributed by atoms with E-state index in [0.29, 0.717) is 11.5 Å². The molecule has 8 heteroatoms.